The summed E-state index contributed by atoms with van der Waals surface area (Å²) in [5.74, 6) is -5.34. The van der Waals surface area contributed by atoms with Crippen molar-refractivity contribution in [2.45, 2.75) is 24.8 Å². The molecule has 0 amide bonds. The first-order valence-corrected chi connectivity index (χ1v) is 8.19. The first-order valence-electron chi connectivity index (χ1n) is 8.19. The molecule has 0 spiro atoms. The second kappa shape index (κ2) is 7.01. The van der Waals surface area contributed by atoms with Gasteiger partial charge in [-0.15, -0.1) is 0 Å². The number of likely N-dealkylation sites (N-methyl/N-ethyl adjacent to an activating group) is 1. The van der Waals surface area contributed by atoms with E-state index in [9.17, 15) is 36.2 Å². The highest BCUT2D eigenvalue weighted by Crippen LogP contribution is 2.52. The molecule has 2 aliphatic rings. The Bertz CT molecular complexity index is 877. The van der Waals surface area contributed by atoms with E-state index in [0.29, 0.717) is 5.56 Å². The van der Waals surface area contributed by atoms with E-state index in [4.69, 9.17) is 14.2 Å². The number of Topliss-reactive ketones (excluding diaryl/α,β-unsaturated/α-hetero) is 1. The first-order chi connectivity index (χ1) is 13.4. The third-order valence-corrected chi connectivity index (χ3v) is 4.69. The summed E-state index contributed by atoms with van der Waals surface area (Å²) in [5, 5.41) is 9.64. The average Bonchev–Trinajstić information content (AvgIpc) is 3.08. The van der Waals surface area contributed by atoms with Crippen LogP contribution in [0.1, 0.15) is 17.2 Å². The lowest BCUT2D eigenvalue weighted by molar-refractivity contribution is -0.169. The summed E-state index contributed by atoms with van der Waals surface area (Å²) < 4.78 is 94.7. The lowest BCUT2D eigenvalue weighted by Gasteiger charge is -2.37. The molecule has 2 heterocycles. The molecule has 1 N–H and O–H groups in total. The van der Waals surface area contributed by atoms with Gasteiger partial charge in [0.15, 0.2) is 11.5 Å². The van der Waals surface area contributed by atoms with Gasteiger partial charge in [0.1, 0.15) is 0 Å². The maximum atomic E-state index is 13.2. The number of ether oxygens (including phenoxy) is 3. The number of alkyl halides is 6. The zero-order valence-corrected chi connectivity index (χ0v) is 15.1. The summed E-state index contributed by atoms with van der Waals surface area (Å²) in [7, 11) is 2.40. The van der Waals surface area contributed by atoms with E-state index in [0.717, 1.165) is 12.0 Å². The Kier molecular flexibility index (Phi) is 5.10. The fraction of sp³-hybridized carbons (Fsp3) is 0.471. The lowest BCUT2D eigenvalue weighted by atomic mass is 9.84. The van der Waals surface area contributed by atoms with Gasteiger partial charge in [-0.2, -0.15) is 26.3 Å². The van der Waals surface area contributed by atoms with Crippen LogP contribution in [0.25, 0.3) is 0 Å². The molecule has 0 radical (unpaired) electrons. The molecule has 12 heteroatoms. The number of fused-ring (bicyclic) bond motifs is 2. The van der Waals surface area contributed by atoms with Crippen LogP contribution >= 0.6 is 0 Å². The standard InChI is InChI=1S/C17H15F6NO5/c1-24-4-3-7-5-8-12(29-6-28-8)13(27-2)9(7)11(24)10(14(25)16(18,19)20)15(26)17(21,22)23/h5,11,25H,3-4,6H2,1-2H3/t11-/m1/s1. The Morgan fingerprint density at radius 2 is 1.86 bits per heavy atom. The highest BCUT2D eigenvalue weighted by atomic mass is 19.4. The van der Waals surface area contributed by atoms with Crippen LogP contribution in [0.15, 0.2) is 17.4 Å². The summed E-state index contributed by atoms with van der Waals surface area (Å²) in [5.41, 5.74) is -1.64. The average molecular weight is 427 g/mol. The van der Waals surface area contributed by atoms with Crippen LogP contribution in [0.4, 0.5) is 26.3 Å². The monoisotopic (exact) mass is 427 g/mol. The van der Waals surface area contributed by atoms with E-state index >= 15 is 0 Å². The summed E-state index contributed by atoms with van der Waals surface area (Å²) in [4.78, 5) is 13.1. The maximum Gasteiger partial charge on any atom is 0.454 e. The van der Waals surface area contributed by atoms with Crippen LogP contribution < -0.4 is 14.2 Å². The van der Waals surface area contributed by atoms with Crippen molar-refractivity contribution in [2.75, 3.05) is 27.5 Å². The summed E-state index contributed by atoms with van der Waals surface area (Å²) in [6.45, 7) is -0.201. The topological polar surface area (TPSA) is 68.2 Å². The molecule has 0 fully saturated rings. The van der Waals surface area contributed by atoms with Crippen molar-refractivity contribution < 1.29 is 50.5 Å². The number of nitrogens with zero attached hydrogens (tertiary/aromatic N) is 1. The van der Waals surface area contributed by atoms with E-state index in [1.807, 2.05) is 0 Å². The Morgan fingerprint density at radius 1 is 1.21 bits per heavy atom. The first kappa shape index (κ1) is 21.1. The SMILES string of the molecule is COc1c2c(cc3c1[C@H](C(C(=O)C(F)(F)F)=C(O)C(F)(F)F)N(C)CC3)OCO2. The van der Waals surface area contributed by atoms with Crippen LogP contribution in [0.2, 0.25) is 0 Å². The third kappa shape index (κ3) is 3.56. The number of ketones is 1. The molecule has 6 nitrogen and oxygen atoms in total. The van der Waals surface area contributed by atoms with E-state index in [-0.39, 0.29) is 42.6 Å². The molecule has 0 bridgehead atoms. The molecular weight excluding hydrogens is 412 g/mol. The van der Waals surface area contributed by atoms with Crippen LogP contribution in [0.5, 0.6) is 17.2 Å². The molecule has 1 aromatic rings. The van der Waals surface area contributed by atoms with Gasteiger partial charge in [0, 0.05) is 12.1 Å². The second-order valence-corrected chi connectivity index (χ2v) is 6.44. The van der Waals surface area contributed by atoms with Crippen LogP contribution in [0, 0.1) is 0 Å². The number of carbonyl (C=O) groups excluding carboxylic acids is 1. The molecule has 29 heavy (non-hydrogen) atoms. The van der Waals surface area contributed by atoms with Gasteiger partial charge >= 0.3 is 12.4 Å². The molecule has 0 saturated heterocycles. The van der Waals surface area contributed by atoms with Crippen molar-refractivity contribution in [1.29, 1.82) is 0 Å². The minimum Gasteiger partial charge on any atom is -0.504 e. The van der Waals surface area contributed by atoms with E-state index < -0.39 is 35.5 Å². The lowest BCUT2D eigenvalue weighted by Crippen LogP contribution is -2.40. The minimum absolute atomic E-state index is 0.00291. The number of rotatable bonds is 3. The molecule has 0 aromatic heterocycles. The van der Waals surface area contributed by atoms with Gasteiger partial charge in [-0.1, -0.05) is 0 Å². The number of hydrogen-bond donors (Lipinski definition) is 1. The van der Waals surface area contributed by atoms with Crippen molar-refractivity contribution in [3.8, 4) is 17.2 Å². The largest absolute Gasteiger partial charge is 0.504 e. The normalized spacial score (nSPS) is 20.2. The Morgan fingerprint density at radius 3 is 2.41 bits per heavy atom. The molecule has 1 atom stereocenters. The number of aliphatic hydroxyl groups excluding tert-OH is 1. The summed E-state index contributed by atoms with van der Waals surface area (Å²) in [6.07, 6.45) is -11.0. The van der Waals surface area contributed by atoms with Gasteiger partial charge in [0.25, 0.3) is 5.78 Å². The smallest absolute Gasteiger partial charge is 0.454 e. The predicted molar refractivity (Wildman–Crippen MR) is 85.0 cm³/mol. The Labute approximate surface area is 160 Å². The van der Waals surface area contributed by atoms with Crippen molar-refractivity contribution in [1.82, 2.24) is 4.90 Å². The van der Waals surface area contributed by atoms with Gasteiger partial charge in [-0.3, -0.25) is 9.69 Å². The molecular formula is C17H15F6NO5. The zero-order chi connectivity index (χ0) is 21.7. The molecule has 0 saturated carbocycles. The quantitative estimate of drug-likeness (QED) is 0.453. The fourth-order valence-corrected chi connectivity index (χ4v) is 3.46. The number of hydrogen-bond acceptors (Lipinski definition) is 6. The number of halogens is 6. The van der Waals surface area contributed by atoms with Crippen molar-refractivity contribution in [3.05, 3.63) is 28.5 Å². The number of benzene rings is 1. The molecule has 2 aliphatic heterocycles. The summed E-state index contributed by atoms with van der Waals surface area (Å²) >= 11 is 0. The van der Waals surface area contributed by atoms with Crippen molar-refractivity contribution in [2.24, 2.45) is 0 Å². The molecule has 1 aromatic carbocycles. The number of allylic oxidation sites excluding steroid dienone is 1. The van der Waals surface area contributed by atoms with E-state index in [2.05, 4.69) is 0 Å². The number of methoxy groups -OCH3 is 1. The van der Waals surface area contributed by atoms with Crippen molar-refractivity contribution >= 4 is 5.78 Å². The third-order valence-electron chi connectivity index (χ3n) is 4.69. The molecule has 160 valence electrons. The van der Waals surface area contributed by atoms with Crippen LogP contribution in [-0.2, 0) is 11.2 Å². The van der Waals surface area contributed by atoms with Gasteiger partial charge < -0.3 is 19.3 Å². The maximum absolute atomic E-state index is 13.2. The highest BCUT2D eigenvalue weighted by Gasteiger charge is 2.52. The van der Waals surface area contributed by atoms with Gasteiger partial charge in [0.05, 0.1) is 18.7 Å². The highest BCUT2D eigenvalue weighted by molar-refractivity contribution is 6.01. The minimum atomic E-state index is -5.64. The van der Waals surface area contributed by atoms with Crippen LogP contribution in [-0.4, -0.2) is 55.6 Å². The molecule has 0 unspecified atom stereocenters. The summed E-state index contributed by atoms with van der Waals surface area (Å²) in [6, 6.07) is -0.459. The zero-order valence-electron chi connectivity index (χ0n) is 15.1. The fourth-order valence-electron chi connectivity index (χ4n) is 3.46. The Hall–Kier alpha value is -2.63. The van der Waals surface area contributed by atoms with Crippen molar-refractivity contribution in [3.63, 3.8) is 0 Å². The van der Waals surface area contributed by atoms with E-state index in [1.165, 1.54) is 13.1 Å². The van der Waals surface area contributed by atoms with Gasteiger partial charge in [-0.05, 0) is 25.1 Å². The number of carbonyl (C=O) groups is 1. The number of aliphatic hydroxyl groups is 1. The van der Waals surface area contributed by atoms with Crippen LogP contribution in [0.3, 0.4) is 0 Å². The van der Waals surface area contributed by atoms with Gasteiger partial charge in [-0.25, -0.2) is 0 Å². The molecule has 3 rings (SSSR count). The van der Waals surface area contributed by atoms with E-state index in [1.54, 1.807) is 0 Å². The molecule has 0 aliphatic carbocycles. The predicted octanol–water partition coefficient (Wildman–Crippen LogP) is 3.46. The Balaban J connectivity index is 2.33. The van der Waals surface area contributed by atoms with Gasteiger partial charge in [0.2, 0.25) is 18.3 Å². The second-order valence-electron chi connectivity index (χ2n) is 6.44.